The average Bonchev–Trinajstić information content (AvgIpc) is 2.34. The fourth-order valence-corrected chi connectivity index (χ4v) is 1.67. The molecule has 0 aromatic carbocycles. The van der Waals surface area contributed by atoms with E-state index in [1.165, 1.54) is 0 Å². The second-order valence-corrected chi connectivity index (χ2v) is 5.35. The van der Waals surface area contributed by atoms with E-state index in [2.05, 4.69) is 31.7 Å². The Hall–Kier alpha value is -1.53. The number of rotatable bonds is 4. The molecule has 1 N–H and O–H groups in total. The molecule has 0 amide bonds. The predicted molar refractivity (Wildman–Crippen MR) is 75.6 cm³/mol. The van der Waals surface area contributed by atoms with Gasteiger partial charge in [0.15, 0.2) is 0 Å². The first-order chi connectivity index (χ1) is 8.42. The molecule has 1 rings (SSSR count). The molecule has 0 unspecified atom stereocenters. The first kappa shape index (κ1) is 14.5. The Kier molecular flexibility index (Phi) is 4.75. The highest BCUT2D eigenvalue weighted by atomic mass is 16.3. The van der Waals surface area contributed by atoms with E-state index in [9.17, 15) is 5.11 Å². The number of aliphatic hydroxyl groups excluding tert-OH is 1. The SMILES string of the molecule is C#CCN(CC)c1cc(CO)cc(C(C)(C)C)n1. The lowest BCUT2D eigenvalue weighted by Crippen LogP contribution is -2.26. The zero-order chi connectivity index (χ0) is 13.8. The second-order valence-electron chi connectivity index (χ2n) is 5.35. The molecule has 0 saturated heterocycles. The van der Waals surface area contributed by atoms with Crippen LogP contribution in [0.15, 0.2) is 12.1 Å². The normalized spacial score (nSPS) is 11.1. The molecule has 98 valence electrons. The fraction of sp³-hybridized carbons (Fsp3) is 0.533. The number of aromatic nitrogens is 1. The van der Waals surface area contributed by atoms with Crippen molar-refractivity contribution in [2.24, 2.45) is 0 Å². The molecule has 1 heterocycles. The van der Waals surface area contributed by atoms with Crippen molar-refractivity contribution in [2.45, 2.75) is 39.7 Å². The Morgan fingerprint density at radius 3 is 2.50 bits per heavy atom. The van der Waals surface area contributed by atoms with Crippen LogP contribution >= 0.6 is 0 Å². The average molecular weight is 246 g/mol. The molecule has 0 radical (unpaired) electrons. The van der Waals surface area contributed by atoms with Gasteiger partial charge in [-0.3, -0.25) is 0 Å². The highest BCUT2D eigenvalue weighted by Crippen LogP contribution is 2.24. The maximum Gasteiger partial charge on any atom is 0.129 e. The maximum absolute atomic E-state index is 9.35. The molecule has 0 saturated carbocycles. The minimum Gasteiger partial charge on any atom is -0.392 e. The summed E-state index contributed by atoms with van der Waals surface area (Å²) < 4.78 is 0. The number of pyridine rings is 1. The summed E-state index contributed by atoms with van der Waals surface area (Å²) in [7, 11) is 0. The van der Waals surface area contributed by atoms with E-state index >= 15 is 0 Å². The van der Waals surface area contributed by atoms with Gasteiger partial charge in [0.05, 0.1) is 13.2 Å². The van der Waals surface area contributed by atoms with E-state index in [1.807, 2.05) is 24.0 Å². The molecule has 0 bridgehead atoms. The number of hydrogen-bond acceptors (Lipinski definition) is 3. The fourth-order valence-electron chi connectivity index (χ4n) is 1.67. The molecular weight excluding hydrogens is 224 g/mol. The predicted octanol–water partition coefficient (Wildman–Crippen LogP) is 2.33. The van der Waals surface area contributed by atoms with Crippen LogP contribution < -0.4 is 4.90 Å². The minimum atomic E-state index is -0.0461. The molecule has 1 aromatic rings. The number of hydrogen-bond donors (Lipinski definition) is 1. The lowest BCUT2D eigenvalue weighted by atomic mass is 9.91. The lowest BCUT2D eigenvalue weighted by Gasteiger charge is -2.24. The highest BCUT2D eigenvalue weighted by Gasteiger charge is 2.18. The zero-order valence-electron chi connectivity index (χ0n) is 11.7. The van der Waals surface area contributed by atoms with E-state index in [1.54, 1.807) is 0 Å². The second kappa shape index (κ2) is 5.88. The summed E-state index contributed by atoms with van der Waals surface area (Å²) in [5.41, 5.74) is 1.80. The summed E-state index contributed by atoms with van der Waals surface area (Å²) in [6.07, 6.45) is 5.37. The standard InChI is InChI=1S/C15H22N2O/c1-6-8-17(7-2)14-10-12(11-18)9-13(16-14)15(3,4)5/h1,9-10,18H,7-8,11H2,2-5H3. The quantitative estimate of drug-likeness (QED) is 0.828. The molecule has 3 heteroatoms. The summed E-state index contributed by atoms with van der Waals surface area (Å²) in [5.74, 6) is 3.48. The van der Waals surface area contributed by atoms with Gasteiger partial charge < -0.3 is 10.0 Å². The molecule has 0 spiro atoms. The molecule has 3 nitrogen and oxygen atoms in total. The largest absolute Gasteiger partial charge is 0.392 e. The summed E-state index contributed by atoms with van der Waals surface area (Å²) in [4.78, 5) is 6.68. The topological polar surface area (TPSA) is 36.4 Å². The van der Waals surface area contributed by atoms with E-state index < -0.39 is 0 Å². The van der Waals surface area contributed by atoms with Gasteiger partial charge in [-0.1, -0.05) is 26.7 Å². The summed E-state index contributed by atoms with van der Waals surface area (Å²) in [6.45, 7) is 9.72. The Morgan fingerprint density at radius 1 is 1.39 bits per heavy atom. The van der Waals surface area contributed by atoms with Crippen molar-refractivity contribution in [2.75, 3.05) is 18.0 Å². The molecule has 18 heavy (non-hydrogen) atoms. The van der Waals surface area contributed by atoms with Crippen LogP contribution in [-0.2, 0) is 12.0 Å². The van der Waals surface area contributed by atoms with Gasteiger partial charge >= 0.3 is 0 Å². The van der Waals surface area contributed by atoms with Gasteiger partial charge in [0.25, 0.3) is 0 Å². The van der Waals surface area contributed by atoms with Crippen LogP contribution in [0.25, 0.3) is 0 Å². The third kappa shape index (κ3) is 3.48. The van der Waals surface area contributed by atoms with Gasteiger partial charge in [-0.25, -0.2) is 4.98 Å². The monoisotopic (exact) mass is 246 g/mol. The van der Waals surface area contributed by atoms with Crippen LogP contribution in [0, 0.1) is 12.3 Å². The Bertz CT molecular complexity index is 441. The number of nitrogens with zero attached hydrogens (tertiary/aromatic N) is 2. The molecule has 0 aliphatic carbocycles. The highest BCUT2D eigenvalue weighted by molar-refractivity contribution is 5.44. The number of aliphatic hydroxyl groups is 1. The summed E-state index contributed by atoms with van der Waals surface area (Å²) in [6, 6.07) is 3.85. The number of anilines is 1. The molecule has 0 atom stereocenters. The van der Waals surface area contributed by atoms with Crippen molar-refractivity contribution in [3.63, 3.8) is 0 Å². The molecular formula is C15H22N2O. The van der Waals surface area contributed by atoms with Crippen LogP contribution in [0.3, 0.4) is 0 Å². The lowest BCUT2D eigenvalue weighted by molar-refractivity contribution is 0.281. The molecule has 0 aliphatic rings. The Morgan fingerprint density at radius 2 is 2.06 bits per heavy atom. The van der Waals surface area contributed by atoms with Gasteiger partial charge in [-0.15, -0.1) is 6.42 Å². The first-order valence-corrected chi connectivity index (χ1v) is 6.23. The van der Waals surface area contributed by atoms with Crippen LogP contribution in [-0.4, -0.2) is 23.2 Å². The van der Waals surface area contributed by atoms with E-state index in [-0.39, 0.29) is 12.0 Å². The van der Waals surface area contributed by atoms with Crippen molar-refractivity contribution in [1.29, 1.82) is 0 Å². The minimum absolute atomic E-state index is 0.0200. The Labute approximate surface area is 110 Å². The molecule has 0 aliphatic heterocycles. The first-order valence-electron chi connectivity index (χ1n) is 6.23. The van der Waals surface area contributed by atoms with Crippen molar-refractivity contribution < 1.29 is 5.11 Å². The Balaban J connectivity index is 3.23. The van der Waals surface area contributed by atoms with Gasteiger partial charge in [0.1, 0.15) is 5.82 Å². The van der Waals surface area contributed by atoms with Gasteiger partial charge in [0.2, 0.25) is 0 Å². The van der Waals surface area contributed by atoms with Crippen LogP contribution in [0.4, 0.5) is 5.82 Å². The van der Waals surface area contributed by atoms with E-state index in [0.717, 1.165) is 23.6 Å². The van der Waals surface area contributed by atoms with Crippen LogP contribution in [0.5, 0.6) is 0 Å². The van der Waals surface area contributed by atoms with Crippen LogP contribution in [0.2, 0.25) is 0 Å². The van der Waals surface area contributed by atoms with Crippen LogP contribution in [0.1, 0.15) is 39.0 Å². The molecule has 0 fully saturated rings. The van der Waals surface area contributed by atoms with E-state index in [4.69, 9.17) is 6.42 Å². The zero-order valence-corrected chi connectivity index (χ0v) is 11.7. The third-order valence-electron chi connectivity index (χ3n) is 2.81. The van der Waals surface area contributed by atoms with E-state index in [0.29, 0.717) is 6.54 Å². The number of terminal acetylenes is 1. The summed E-state index contributed by atoms with van der Waals surface area (Å²) >= 11 is 0. The third-order valence-corrected chi connectivity index (χ3v) is 2.81. The molecule has 1 aromatic heterocycles. The smallest absolute Gasteiger partial charge is 0.129 e. The van der Waals surface area contributed by atoms with Crippen molar-refractivity contribution >= 4 is 5.82 Å². The maximum atomic E-state index is 9.35. The van der Waals surface area contributed by atoms with Crippen molar-refractivity contribution in [3.8, 4) is 12.3 Å². The van der Waals surface area contributed by atoms with Gasteiger partial charge in [-0.2, -0.15) is 0 Å². The van der Waals surface area contributed by atoms with Crippen molar-refractivity contribution in [3.05, 3.63) is 23.4 Å². The van der Waals surface area contributed by atoms with Gasteiger partial charge in [-0.05, 0) is 24.6 Å². The van der Waals surface area contributed by atoms with Gasteiger partial charge in [0, 0.05) is 17.7 Å². The van der Waals surface area contributed by atoms with Crippen molar-refractivity contribution in [1.82, 2.24) is 4.98 Å². The summed E-state index contributed by atoms with van der Waals surface area (Å²) in [5, 5.41) is 9.35.